The van der Waals surface area contributed by atoms with Gasteiger partial charge < -0.3 is 20.1 Å². The molecule has 3 rings (SSSR count). The highest BCUT2D eigenvalue weighted by molar-refractivity contribution is 14.0. The molecular formula is C21H29IN4O2. The molecule has 0 amide bonds. The minimum atomic E-state index is 0. The van der Waals surface area contributed by atoms with E-state index < -0.39 is 0 Å². The summed E-state index contributed by atoms with van der Waals surface area (Å²) in [7, 11) is 1.67. The van der Waals surface area contributed by atoms with Crippen LogP contribution in [0.2, 0.25) is 0 Å². The molecule has 0 radical (unpaired) electrons. The van der Waals surface area contributed by atoms with Crippen molar-refractivity contribution < 1.29 is 9.47 Å². The molecule has 1 fully saturated rings. The second-order valence-electron chi connectivity index (χ2n) is 6.66. The van der Waals surface area contributed by atoms with E-state index in [-0.39, 0.29) is 24.0 Å². The highest BCUT2D eigenvalue weighted by Crippen LogP contribution is 2.29. The molecule has 152 valence electrons. The Kier molecular flexibility index (Phi) is 9.33. The second-order valence-corrected chi connectivity index (χ2v) is 6.66. The van der Waals surface area contributed by atoms with Crippen LogP contribution in [-0.2, 0) is 13.1 Å². The zero-order valence-corrected chi connectivity index (χ0v) is 18.8. The van der Waals surface area contributed by atoms with E-state index in [2.05, 4.69) is 33.6 Å². The Labute approximate surface area is 184 Å². The first-order chi connectivity index (χ1) is 13.3. The number of aliphatic imine (C=N–C) groups is 1. The SMILES string of the molecule is CCNC(=NCc1ccc(OCC2CC2)nc1)NCc1cccc(OC)c1.I. The highest BCUT2D eigenvalue weighted by Gasteiger charge is 2.21. The number of benzene rings is 1. The number of guanidine groups is 1. The Morgan fingerprint density at radius 3 is 2.71 bits per heavy atom. The number of hydrogen-bond donors (Lipinski definition) is 2. The van der Waals surface area contributed by atoms with E-state index in [0.717, 1.165) is 41.9 Å². The molecule has 0 aliphatic heterocycles. The predicted octanol–water partition coefficient (Wildman–Crippen LogP) is 3.75. The number of nitrogens with one attached hydrogen (secondary N) is 2. The summed E-state index contributed by atoms with van der Waals surface area (Å²) in [5, 5.41) is 6.61. The van der Waals surface area contributed by atoms with E-state index in [0.29, 0.717) is 19.0 Å². The van der Waals surface area contributed by atoms with Crippen LogP contribution in [0.5, 0.6) is 11.6 Å². The lowest BCUT2D eigenvalue weighted by Crippen LogP contribution is -2.36. The third-order valence-electron chi connectivity index (χ3n) is 4.32. The quantitative estimate of drug-likeness (QED) is 0.315. The fourth-order valence-electron chi connectivity index (χ4n) is 2.56. The van der Waals surface area contributed by atoms with Gasteiger partial charge in [-0.2, -0.15) is 0 Å². The first-order valence-electron chi connectivity index (χ1n) is 9.49. The van der Waals surface area contributed by atoms with Crippen molar-refractivity contribution in [1.82, 2.24) is 15.6 Å². The molecule has 1 aliphatic rings. The van der Waals surface area contributed by atoms with Gasteiger partial charge in [0.1, 0.15) is 5.75 Å². The third-order valence-corrected chi connectivity index (χ3v) is 4.32. The summed E-state index contributed by atoms with van der Waals surface area (Å²) in [5.74, 6) is 3.05. The van der Waals surface area contributed by atoms with Gasteiger partial charge in [0.05, 0.1) is 20.3 Å². The van der Waals surface area contributed by atoms with Crippen molar-refractivity contribution in [3.8, 4) is 11.6 Å². The Balaban J connectivity index is 0.00000280. The summed E-state index contributed by atoms with van der Waals surface area (Å²) in [5.41, 5.74) is 2.19. The first-order valence-corrected chi connectivity index (χ1v) is 9.49. The number of hydrogen-bond acceptors (Lipinski definition) is 4. The number of pyridine rings is 1. The lowest BCUT2D eigenvalue weighted by atomic mass is 10.2. The number of halogens is 1. The van der Waals surface area contributed by atoms with E-state index >= 15 is 0 Å². The third kappa shape index (κ3) is 7.53. The van der Waals surface area contributed by atoms with Crippen molar-refractivity contribution in [2.75, 3.05) is 20.3 Å². The Hall–Kier alpha value is -2.03. The molecular weight excluding hydrogens is 467 g/mol. The van der Waals surface area contributed by atoms with Crippen LogP contribution in [-0.4, -0.2) is 31.2 Å². The van der Waals surface area contributed by atoms with Gasteiger partial charge in [0.25, 0.3) is 0 Å². The number of aromatic nitrogens is 1. The van der Waals surface area contributed by atoms with Crippen LogP contribution in [0.4, 0.5) is 0 Å². The number of rotatable bonds is 9. The van der Waals surface area contributed by atoms with Gasteiger partial charge in [-0.25, -0.2) is 9.98 Å². The molecule has 0 unspecified atom stereocenters. The molecule has 1 saturated carbocycles. The lowest BCUT2D eigenvalue weighted by Gasteiger charge is -2.12. The molecule has 1 aliphatic carbocycles. The van der Waals surface area contributed by atoms with E-state index in [1.807, 2.05) is 36.5 Å². The van der Waals surface area contributed by atoms with E-state index in [1.165, 1.54) is 12.8 Å². The molecule has 2 N–H and O–H groups in total. The van der Waals surface area contributed by atoms with Crippen molar-refractivity contribution >= 4 is 29.9 Å². The van der Waals surface area contributed by atoms with Gasteiger partial charge in [-0.3, -0.25) is 0 Å². The first kappa shape index (κ1) is 22.3. The van der Waals surface area contributed by atoms with Crippen molar-refractivity contribution in [1.29, 1.82) is 0 Å². The van der Waals surface area contributed by atoms with Crippen LogP contribution in [0.3, 0.4) is 0 Å². The highest BCUT2D eigenvalue weighted by atomic mass is 127. The van der Waals surface area contributed by atoms with Gasteiger partial charge >= 0.3 is 0 Å². The minimum Gasteiger partial charge on any atom is -0.497 e. The number of nitrogens with zero attached hydrogens (tertiary/aromatic N) is 2. The monoisotopic (exact) mass is 496 g/mol. The molecule has 1 aromatic carbocycles. The standard InChI is InChI=1S/C21H28N4O2.HI/c1-3-22-21(24-12-17-5-4-6-19(11-17)26-2)25-14-18-9-10-20(23-13-18)27-15-16-7-8-16;/h4-6,9-11,13,16H,3,7-8,12,14-15H2,1-2H3,(H2,22,24,25);1H. The van der Waals surface area contributed by atoms with Crippen LogP contribution in [0.25, 0.3) is 0 Å². The molecule has 28 heavy (non-hydrogen) atoms. The lowest BCUT2D eigenvalue weighted by molar-refractivity contribution is 0.288. The molecule has 0 spiro atoms. The van der Waals surface area contributed by atoms with Crippen LogP contribution in [0, 0.1) is 5.92 Å². The average molecular weight is 496 g/mol. The zero-order valence-electron chi connectivity index (χ0n) is 16.5. The molecule has 2 aromatic rings. The maximum Gasteiger partial charge on any atom is 0.213 e. The second kappa shape index (κ2) is 11.7. The summed E-state index contributed by atoms with van der Waals surface area (Å²) >= 11 is 0. The zero-order chi connectivity index (χ0) is 18.9. The fourth-order valence-corrected chi connectivity index (χ4v) is 2.56. The van der Waals surface area contributed by atoms with Gasteiger partial charge in [0.15, 0.2) is 5.96 Å². The largest absolute Gasteiger partial charge is 0.497 e. The summed E-state index contributed by atoms with van der Waals surface area (Å²) in [6.45, 7) is 4.87. The molecule has 1 aromatic heterocycles. The van der Waals surface area contributed by atoms with Gasteiger partial charge in [-0.1, -0.05) is 18.2 Å². The molecule has 1 heterocycles. The summed E-state index contributed by atoms with van der Waals surface area (Å²) in [4.78, 5) is 9.01. The predicted molar refractivity (Wildman–Crippen MR) is 123 cm³/mol. The van der Waals surface area contributed by atoms with Crippen molar-refractivity contribution in [2.24, 2.45) is 10.9 Å². The molecule has 0 saturated heterocycles. The van der Waals surface area contributed by atoms with Crippen molar-refractivity contribution in [3.63, 3.8) is 0 Å². The fraction of sp³-hybridized carbons (Fsp3) is 0.429. The van der Waals surface area contributed by atoms with Crippen LogP contribution >= 0.6 is 24.0 Å². The Bertz CT molecular complexity index is 748. The van der Waals surface area contributed by atoms with E-state index in [1.54, 1.807) is 7.11 Å². The van der Waals surface area contributed by atoms with E-state index in [4.69, 9.17) is 9.47 Å². The maximum absolute atomic E-state index is 5.67. The van der Waals surface area contributed by atoms with Crippen LogP contribution in [0.1, 0.15) is 30.9 Å². The van der Waals surface area contributed by atoms with Gasteiger partial charge in [0, 0.05) is 25.4 Å². The van der Waals surface area contributed by atoms with Gasteiger partial charge in [-0.05, 0) is 48.9 Å². The van der Waals surface area contributed by atoms with Crippen molar-refractivity contribution in [2.45, 2.75) is 32.9 Å². The normalized spacial score (nSPS) is 13.4. The van der Waals surface area contributed by atoms with Crippen molar-refractivity contribution in [3.05, 3.63) is 53.7 Å². The van der Waals surface area contributed by atoms with Gasteiger partial charge in [0.2, 0.25) is 5.88 Å². The van der Waals surface area contributed by atoms with E-state index in [9.17, 15) is 0 Å². The van der Waals surface area contributed by atoms with Crippen LogP contribution in [0.15, 0.2) is 47.6 Å². The summed E-state index contributed by atoms with van der Waals surface area (Å²) in [6, 6.07) is 11.9. The molecule has 7 heteroatoms. The van der Waals surface area contributed by atoms with Crippen LogP contribution < -0.4 is 20.1 Å². The summed E-state index contributed by atoms with van der Waals surface area (Å²) < 4.78 is 10.9. The topological polar surface area (TPSA) is 67.8 Å². The van der Waals surface area contributed by atoms with Gasteiger partial charge in [-0.15, -0.1) is 24.0 Å². The average Bonchev–Trinajstić information content (AvgIpc) is 3.54. The number of methoxy groups -OCH3 is 1. The summed E-state index contributed by atoms with van der Waals surface area (Å²) in [6.07, 6.45) is 4.39. The Morgan fingerprint density at radius 1 is 1.18 bits per heavy atom. The minimum absolute atomic E-state index is 0. The maximum atomic E-state index is 5.67. The molecule has 0 bridgehead atoms. The smallest absolute Gasteiger partial charge is 0.213 e. The molecule has 0 atom stereocenters. The number of ether oxygens (including phenoxy) is 2. The molecule has 6 nitrogen and oxygen atoms in total. The Morgan fingerprint density at radius 2 is 2.04 bits per heavy atom.